The number of aromatic nitrogens is 3. The topological polar surface area (TPSA) is 204 Å². The molecule has 0 bridgehead atoms. The third-order valence-corrected chi connectivity index (χ3v) is 13.8. The first-order chi connectivity index (χ1) is 28.1. The zero-order valence-electron chi connectivity index (χ0n) is 32.0. The minimum absolute atomic E-state index is 0.0239. The highest BCUT2D eigenvalue weighted by molar-refractivity contribution is 7.91. The third-order valence-electron chi connectivity index (χ3n) is 12.0. The zero-order valence-corrected chi connectivity index (χ0v) is 32.8. The molecule has 16 nitrogen and oxygen atoms in total. The van der Waals surface area contributed by atoms with Gasteiger partial charge in [-0.05, 0) is 88.5 Å². The van der Waals surface area contributed by atoms with E-state index < -0.39 is 68.7 Å². The highest BCUT2D eigenvalue weighted by Crippen LogP contribution is 2.46. The van der Waals surface area contributed by atoms with Crippen LogP contribution in [0.2, 0.25) is 0 Å². The predicted molar refractivity (Wildman–Crippen MR) is 210 cm³/mol. The summed E-state index contributed by atoms with van der Waals surface area (Å²) in [5, 5.41) is 10.6. The average Bonchev–Trinajstić information content (AvgIpc) is 3.81. The summed E-state index contributed by atoms with van der Waals surface area (Å²) < 4.78 is 47.7. The summed E-state index contributed by atoms with van der Waals surface area (Å²) in [4.78, 5) is 62.6. The number of hydrogen-bond acceptors (Lipinski definition) is 11. The molecular weight excluding hydrogens is 767 g/mol. The molecule has 1 aromatic carbocycles. The summed E-state index contributed by atoms with van der Waals surface area (Å²) in [6, 6.07) is 10.6. The van der Waals surface area contributed by atoms with Crippen molar-refractivity contribution in [3.63, 3.8) is 0 Å². The first kappa shape index (κ1) is 38.1. The number of hydrogen-bond donors (Lipinski definition) is 3. The van der Waals surface area contributed by atoms with Crippen LogP contribution >= 0.6 is 0 Å². The van der Waals surface area contributed by atoms with Crippen LogP contribution in [-0.4, -0.2) is 93.4 Å². The molecule has 3 aliphatic carbocycles. The van der Waals surface area contributed by atoms with Gasteiger partial charge in [-0.25, -0.2) is 18.2 Å². The summed E-state index contributed by atoms with van der Waals surface area (Å²) in [5.41, 5.74) is 0.181. The Kier molecular flexibility index (Phi) is 10.1. The molecular formula is C41H47N7O9S. The Morgan fingerprint density at radius 2 is 1.78 bits per heavy atom. The average molecular weight is 814 g/mol. The lowest BCUT2D eigenvalue weighted by molar-refractivity contribution is -0.141. The Morgan fingerprint density at radius 3 is 2.57 bits per heavy atom. The minimum atomic E-state index is -3.91. The van der Waals surface area contributed by atoms with Gasteiger partial charge in [0.2, 0.25) is 27.7 Å². The van der Waals surface area contributed by atoms with E-state index in [1.54, 1.807) is 29.0 Å². The number of ether oxygens (including phenoxy) is 2. The van der Waals surface area contributed by atoms with E-state index >= 15 is 0 Å². The molecule has 2 aliphatic heterocycles. The fourth-order valence-electron chi connectivity index (χ4n) is 8.59. The van der Waals surface area contributed by atoms with Crippen molar-refractivity contribution in [2.75, 3.05) is 6.54 Å². The summed E-state index contributed by atoms with van der Waals surface area (Å²) >= 11 is 0. The second-order valence-electron chi connectivity index (χ2n) is 16.2. The van der Waals surface area contributed by atoms with Gasteiger partial charge in [-0.15, -0.1) is 0 Å². The normalized spacial score (nSPS) is 27.6. The van der Waals surface area contributed by atoms with E-state index in [1.807, 2.05) is 36.4 Å². The maximum Gasteiger partial charge on any atom is 0.408 e. The van der Waals surface area contributed by atoms with Gasteiger partial charge in [0.25, 0.3) is 5.91 Å². The monoisotopic (exact) mass is 813 g/mol. The number of rotatable bonds is 8. The Morgan fingerprint density at radius 1 is 0.966 bits per heavy atom. The number of nitrogens with zero attached hydrogens (tertiary/aromatic N) is 4. The third kappa shape index (κ3) is 7.63. The molecule has 4 fully saturated rings. The zero-order chi connectivity index (χ0) is 40.0. The summed E-state index contributed by atoms with van der Waals surface area (Å²) in [6.07, 6.45) is 11.6. The van der Waals surface area contributed by atoms with Crippen molar-refractivity contribution >= 4 is 50.4 Å². The lowest BCUT2D eigenvalue weighted by Gasteiger charge is -2.30. The highest BCUT2D eigenvalue weighted by Gasteiger charge is 2.62. The van der Waals surface area contributed by atoms with Gasteiger partial charge in [-0.3, -0.25) is 19.1 Å². The van der Waals surface area contributed by atoms with Gasteiger partial charge in [0.05, 0.1) is 23.6 Å². The van der Waals surface area contributed by atoms with Gasteiger partial charge in [0.1, 0.15) is 35.5 Å². The number of alkyl carbamates (subject to hydrolysis) is 1. The number of nitrogens with one attached hydrogen (secondary N) is 3. The summed E-state index contributed by atoms with van der Waals surface area (Å²) in [7, 11) is -3.91. The number of fused-ring (bicyclic) bond motifs is 5. The Bertz CT molecular complexity index is 2370. The van der Waals surface area contributed by atoms with E-state index in [0.29, 0.717) is 60.6 Å². The number of allylic oxidation sites excluding steroid dienone is 1. The van der Waals surface area contributed by atoms with Crippen molar-refractivity contribution in [2.24, 2.45) is 5.92 Å². The largest absolute Gasteiger partial charge is 0.472 e. The molecule has 1 saturated heterocycles. The molecule has 9 rings (SSSR count). The van der Waals surface area contributed by atoms with Gasteiger partial charge in [-0.2, -0.15) is 9.61 Å². The smallest absolute Gasteiger partial charge is 0.408 e. The van der Waals surface area contributed by atoms with Crippen molar-refractivity contribution in [2.45, 2.75) is 119 Å². The quantitative estimate of drug-likeness (QED) is 0.211. The molecule has 0 unspecified atom stereocenters. The van der Waals surface area contributed by atoms with Gasteiger partial charge < -0.3 is 29.4 Å². The lowest BCUT2D eigenvalue weighted by Crippen LogP contribution is -2.58. The number of sulfonamides is 1. The fraction of sp³-hybridized carbons (Fsp3) is 0.512. The first-order valence-electron chi connectivity index (χ1n) is 20.4. The molecule has 5 heterocycles. The number of amides is 4. The van der Waals surface area contributed by atoms with Crippen LogP contribution in [0.5, 0.6) is 5.88 Å². The van der Waals surface area contributed by atoms with Crippen LogP contribution in [0.3, 0.4) is 0 Å². The lowest BCUT2D eigenvalue weighted by atomic mass is 10.0. The van der Waals surface area contributed by atoms with Crippen molar-refractivity contribution < 1.29 is 41.5 Å². The maximum absolute atomic E-state index is 14.7. The van der Waals surface area contributed by atoms with Crippen LogP contribution in [0.1, 0.15) is 83.5 Å². The number of carbonyl (C=O) groups excluding carboxylic acids is 4. The molecule has 3 N–H and O–H groups in total. The second kappa shape index (κ2) is 15.4. The van der Waals surface area contributed by atoms with E-state index in [1.165, 1.54) is 4.90 Å². The number of carbonyl (C=O) groups is 4. The van der Waals surface area contributed by atoms with Crippen LogP contribution in [0, 0.1) is 5.92 Å². The van der Waals surface area contributed by atoms with Gasteiger partial charge >= 0.3 is 6.09 Å². The molecule has 306 valence electrons. The Hall–Kier alpha value is -5.45. The van der Waals surface area contributed by atoms with Crippen LogP contribution < -0.4 is 20.1 Å². The van der Waals surface area contributed by atoms with Gasteiger partial charge in [0.15, 0.2) is 11.4 Å². The van der Waals surface area contributed by atoms with Crippen molar-refractivity contribution in [1.29, 1.82) is 0 Å². The van der Waals surface area contributed by atoms with Crippen LogP contribution in [-0.2, 0) is 29.1 Å². The SMILES string of the molecule is O=C(N[C@H]1CCCCC/C=C\[C@@H]2C[C@@]2(C(=O)NS(=O)(=O)C2CC2)NC(=O)[C@@H]2C[C@@H](Oc3cc(-c4ccco4)nc4c5ccccc5nn34)CN2C1=O)OC1CCCC1. The van der Waals surface area contributed by atoms with E-state index in [2.05, 4.69) is 15.4 Å². The minimum Gasteiger partial charge on any atom is -0.472 e. The summed E-state index contributed by atoms with van der Waals surface area (Å²) in [6.45, 7) is -0.0357. The molecule has 58 heavy (non-hydrogen) atoms. The highest BCUT2D eigenvalue weighted by atomic mass is 32.2. The van der Waals surface area contributed by atoms with E-state index in [4.69, 9.17) is 24.0 Å². The molecule has 17 heteroatoms. The molecule has 5 atom stereocenters. The molecule has 4 aromatic rings. The van der Waals surface area contributed by atoms with Crippen LogP contribution in [0.15, 0.2) is 65.3 Å². The van der Waals surface area contributed by atoms with Crippen LogP contribution in [0.25, 0.3) is 28.0 Å². The molecule has 0 spiro atoms. The molecule has 4 amide bonds. The van der Waals surface area contributed by atoms with Crippen molar-refractivity contribution in [3.05, 3.63) is 60.9 Å². The van der Waals surface area contributed by atoms with E-state index in [9.17, 15) is 27.6 Å². The molecule has 3 aromatic heterocycles. The second-order valence-corrected chi connectivity index (χ2v) is 18.2. The Balaban J connectivity index is 1.04. The standard InChI is InChI=1S/C41H47N7O9S/c49-37-33-21-27(56-35-22-32(34-17-10-20-55-34)42-36-29-14-8-9-15-30(29)45-48(35)36)24-47(33)38(50)31(43-40(52)57-26-12-6-7-13-26)16-5-3-1-2-4-11-25-23-41(25,44-37)39(51)46-58(53,54)28-18-19-28/h4,8-11,14-15,17,20,22,25-28,31,33H,1-3,5-7,12-13,16,18-19,21,23-24H2,(H,43,52)(H,44,49)(H,46,51)/b11-4-/t25-,27-,31+,33+,41-/m1/s1. The van der Waals surface area contributed by atoms with Gasteiger partial charge in [0, 0.05) is 23.8 Å². The number of furan rings is 1. The van der Waals surface area contributed by atoms with E-state index in [0.717, 1.165) is 43.9 Å². The molecule has 0 radical (unpaired) electrons. The maximum atomic E-state index is 14.7. The molecule has 3 saturated carbocycles. The van der Waals surface area contributed by atoms with Crippen molar-refractivity contribution in [3.8, 4) is 17.3 Å². The van der Waals surface area contributed by atoms with Crippen LogP contribution in [0.4, 0.5) is 4.79 Å². The summed E-state index contributed by atoms with van der Waals surface area (Å²) in [5.74, 6) is -1.53. The van der Waals surface area contributed by atoms with E-state index in [-0.39, 0.29) is 25.5 Å². The molecule has 5 aliphatic rings. The predicted octanol–water partition coefficient (Wildman–Crippen LogP) is 4.53. The van der Waals surface area contributed by atoms with Gasteiger partial charge in [-0.1, -0.05) is 37.1 Å². The Labute approximate surface area is 335 Å². The number of benzene rings is 1. The van der Waals surface area contributed by atoms with Crippen molar-refractivity contribution in [1.82, 2.24) is 34.9 Å². The fourth-order valence-corrected chi connectivity index (χ4v) is 9.96. The first-order valence-corrected chi connectivity index (χ1v) is 21.9.